The molecule has 0 aliphatic carbocycles. The fraction of sp³-hybridized carbons (Fsp3) is 0.185. The molecule has 2 atom stereocenters. The molecule has 6 nitrogen and oxygen atoms in total. The zero-order valence-electron chi connectivity index (χ0n) is 19.2. The van der Waals surface area contributed by atoms with Gasteiger partial charge in [0.15, 0.2) is 5.78 Å². The van der Waals surface area contributed by atoms with Crippen molar-refractivity contribution in [2.24, 2.45) is 0 Å². The lowest BCUT2D eigenvalue weighted by atomic mass is 10.0. The van der Waals surface area contributed by atoms with Gasteiger partial charge in [-0.15, -0.1) is 0 Å². The summed E-state index contributed by atoms with van der Waals surface area (Å²) in [5.74, 6) is -0.200. The molecular weight excluding hydrogens is 487 g/mol. The van der Waals surface area contributed by atoms with Crippen LogP contribution < -0.4 is 23.0 Å². The fourth-order valence-corrected chi connectivity index (χ4v) is 3.55. The normalized spacial score (nSPS) is 12.5. The van der Waals surface area contributed by atoms with E-state index in [0.29, 0.717) is 34.8 Å². The minimum atomic E-state index is -0.713. The maximum Gasteiger partial charge on any atom is 0.248 e. The SMILES string of the molecule is CC([NH2+]CCC(=O)c1cccc(NC(=O)/C=C/c2ccc(Cl)cc2)c1)C(O)c1ccc(O)cc1.[Cl-]. The minimum absolute atomic E-state index is 0. The summed E-state index contributed by atoms with van der Waals surface area (Å²) in [6.45, 7) is 2.39. The number of nitrogens with two attached hydrogens (primary N) is 1. The maximum atomic E-state index is 12.6. The number of hydrogen-bond acceptors (Lipinski definition) is 4. The largest absolute Gasteiger partial charge is 1.00 e. The summed E-state index contributed by atoms with van der Waals surface area (Å²) in [7, 11) is 0. The molecule has 0 bridgehead atoms. The molecule has 5 N–H and O–H groups in total. The van der Waals surface area contributed by atoms with Gasteiger partial charge in [-0.1, -0.05) is 48.0 Å². The fourth-order valence-electron chi connectivity index (χ4n) is 3.43. The number of phenolic OH excluding ortho intramolecular Hbond substituents is 1. The molecule has 3 rings (SSSR count). The molecular formula is C27H28Cl2N2O4. The number of hydrogen-bond donors (Lipinski definition) is 4. The smallest absolute Gasteiger partial charge is 0.248 e. The lowest BCUT2D eigenvalue weighted by Crippen LogP contribution is -3.00. The molecule has 3 aromatic carbocycles. The number of nitrogens with one attached hydrogen (secondary N) is 1. The van der Waals surface area contributed by atoms with E-state index in [1.807, 2.05) is 24.4 Å². The van der Waals surface area contributed by atoms with E-state index < -0.39 is 6.10 Å². The van der Waals surface area contributed by atoms with Gasteiger partial charge in [0.25, 0.3) is 0 Å². The number of anilines is 1. The van der Waals surface area contributed by atoms with Gasteiger partial charge in [-0.25, -0.2) is 0 Å². The van der Waals surface area contributed by atoms with E-state index >= 15 is 0 Å². The van der Waals surface area contributed by atoms with Crippen LogP contribution in [0.2, 0.25) is 5.02 Å². The molecule has 0 saturated heterocycles. The van der Waals surface area contributed by atoms with Gasteiger partial charge in [-0.3, -0.25) is 9.59 Å². The van der Waals surface area contributed by atoms with Crippen LogP contribution >= 0.6 is 11.6 Å². The Morgan fingerprint density at radius 1 is 1.06 bits per heavy atom. The number of carbonyl (C=O) groups is 2. The lowest BCUT2D eigenvalue weighted by molar-refractivity contribution is -0.693. The maximum absolute atomic E-state index is 12.6. The third-order valence-corrected chi connectivity index (χ3v) is 5.64. The number of ketones is 1. The van der Waals surface area contributed by atoms with Crippen molar-refractivity contribution in [3.8, 4) is 5.75 Å². The van der Waals surface area contributed by atoms with Crippen LogP contribution in [0.3, 0.4) is 0 Å². The van der Waals surface area contributed by atoms with Crippen molar-refractivity contribution in [2.45, 2.75) is 25.5 Å². The van der Waals surface area contributed by atoms with Crippen LogP contribution in [0.25, 0.3) is 6.08 Å². The molecule has 8 heteroatoms. The van der Waals surface area contributed by atoms with Gasteiger partial charge in [-0.2, -0.15) is 0 Å². The van der Waals surface area contributed by atoms with Crippen molar-refractivity contribution in [2.75, 3.05) is 11.9 Å². The summed E-state index contributed by atoms with van der Waals surface area (Å²) >= 11 is 5.86. The molecule has 0 aliphatic rings. The number of amides is 1. The van der Waals surface area contributed by atoms with Gasteiger partial charge in [0.2, 0.25) is 5.91 Å². The number of aliphatic hydroxyl groups excluding tert-OH is 1. The number of halogens is 2. The van der Waals surface area contributed by atoms with E-state index in [2.05, 4.69) is 5.32 Å². The number of rotatable bonds is 10. The highest BCUT2D eigenvalue weighted by Gasteiger charge is 2.19. The van der Waals surface area contributed by atoms with Gasteiger partial charge in [-0.05, 0) is 60.5 Å². The summed E-state index contributed by atoms with van der Waals surface area (Å²) in [6.07, 6.45) is 2.69. The summed E-state index contributed by atoms with van der Waals surface area (Å²) in [6, 6.07) is 20.2. The van der Waals surface area contributed by atoms with Crippen LogP contribution in [-0.2, 0) is 4.79 Å². The quantitative estimate of drug-likeness (QED) is 0.239. The van der Waals surface area contributed by atoms with Gasteiger partial charge < -0.3 is 33.3 Å². The number of benzene rings is 3. The van der Waals surface area contributed by atoms with E-state index in [4.69, 9.17) is 11.6 Å². The van der Waals surface area contributed by atoms with Crippen LogP contribution in [-0.4, -0.2) is 34.5 Å². The Balaban J connectivity index is 0.00000432. The second-order valence-corrected chi connectivity index (χ2v) is 8.48. The third-order valence-electron chi connectivity index (χ3n) is 5.39. The summed E-state index contributed by atoms with van der Waals surface area (Å²) in [4.78, 5) is 24.9. The standard InChI is InChI=1S/C27H27ClN2O4.ClH/c1-18(27(34)20-8-12-24(31)13-9-20)29-16-15-25(32)21-3-2-4-23(17-21)30-26(33)14-7-19-5-10-22(28)11-6-19;/h2-14,17-18,27,29,31,34H,15-16H2,1H3,(H,30,33);1H/b14-7+;. The Labute approximate surface area is 216 Å². The van der Waals surface area contributed by atoms with E-state index in [1.165, 1.54) is 18.2 Å². The zero-order valence-corrected chi connectivity index (χ0v) is 20.7. The van der Waals surface area contributed by atoms with Gasteiger partial charge in [0, 0.05) is 22.3 Å². The van der Waals surface area contributed by atoms with E-state index in [1.54, 1.807) is 54.6 Å². The average Bonchev–Trinajstić information content (AvgIpc) is 2.83. The molecule has 0 heterocycles. The Morgan fingerprint density at radius 3 is 2.43 bits per heavy atom. The van der Waals surface area contributed by atoms with Gasteiger partial charge in [0.05, 0.1) is 13.0 Å². The van der Waals surface area contributed by atoms with Gasteiger partial charge >= 0.3 is 0 Å². The van der Waals surface area contributed by atoms with Crippen molar-refractivity contribution in [3.63, 3.8) is 0 Å². The molecule has 0 saturated carbocycles. The van der Waals surface area contributed by atoms with Crippen molar-refractivity contribution in [1.82, 2.24) is 0 Å². The number of carbonyl (C=O) groups excluding carboxylic acids is 2. The van der Waals surface area contributed by atoms with Gasteiger partial charge in [0.1, 0.15) is 17.9 Å². The number of phenols is 1. The Morgan fingerprint density at radius 2 is 1.74 bits per heavy atom. The highest BCUT2D eigenvalue weighted by Crippen LogP contribution is 2.18. The molecule has 2 unspecified atom stereocenters. The second-order valence-electron chi connectivity index (χ2n) is 8.05. The van der Waals surface area contributed by atoms with Crippen molar-refractivity contribution in [3.05, 3.63) is 101 Å². The first-order chi connectivity index (χ1) is 16.3. The van der Waals surface area contributed by atoms with Crippen molar-refractivity contribution in [1.29, 1.82) is 0 Å². The number of Topliss-reactive ketones (excluding diaryl/α,β-unsaturated/α-hetero) is 1. The third kappa shape index (κ3) is 8.85. The highest BCUT2D eigenvalue weighted by molar-refractivity contribution is 6.30. The lowest BCUT2D eigenvalue weighted by Gasteiger charge is -2.17. The topological polar surface area (TPSA) is 103 Å². The zero-order chi connectivity index (χ0) is 24.5. The first kappa shape index (κ1) is 28.1. The molecule has 0 spiro atoms. The van der Waals surface area contributed by atoms with Crippen LogP contribution in [0.15, 0.2) is 78.9 Å². The minimum Gasteiger partial charge on any atom is -1.00 e. The highest BCUT2D eigenvalue weighted by atomic mass is 35.5. The molecule has 3 aromatic rings. The molecule has 0 radical (unpaired) electrons. The predicted molar refractivity (Wildman–Crippen MR) is 134 cm³/mol. The van der Waals surface area contributed by atoms with Crippen LogP contribution in [0.1, 0.15) is 40.9 Å². The van der Waals surface area contributed by atoms with Crippen LogP contribution in [0.5, 0.6) is 5.75 Å². The van der Waals surface area contributed by atoms with E-state index in [-0.39, 0.29) is 35.9 Å². The number of aromatic hydroxyl groups is 1. The predicted octanol–water partition coefficient (Wildman–Crippen LogP) is 0.960. The second kappa shape index (κ2) is 13.7. The Bertz CT molecular complexity index is 1150. The summed E-state index contributed by atoms with van der Waals surface area (Å²) in [5, 5.41) is 25.2. The van der Waals surface area contributed by atoms with Crippen molar-refractivity contribution >= 4 is 35.1 Å². The first-order valence-electron chi connectivity index (χ1n) is 11.0. The molecule has 35 heavy (non-hydrogen) atoms. The molecule has 0 aliphatic heterocycles. The van der Waals surface area contributed by atoms with Crippen LogP contribution in [0, 0.1) is 0 Å². The summed E-state index contributed by atoms with van der Waals surface area (Å²) < 4.78 is 0. The number of aliphatic hydroxyl groups is 1. The first-order valence-corrected chi connectivity index (χ1v) is 11.4. The molecule has 184 valence electrons. The van der Waals surface area contributed by atoms with Crippen molar-refractivity contribution < 1.29 is 37.5 Å². The van der Waals surface area contributed by atoms with E-state index in [9.17, 15) is 19.8 Å². The monoisotopic (exact) mass is 514 g/mol. The molecule has 1 amide bonds. The molecule has 0 fully saturated rings. The average molecular weight is 515 g/mol. The number of quaternary nitrogens is 1. The van der Waals surface area contributed by atoms with E-state index in [0.717, 1.165) is 5.56 Å². The molecule has 0 aromatic heterocycles. The Hall–Kier alpha value is -3.16. The summed E-state index contributed by atoms with van der Waals surface area (Å²) in [5.41, 5.74) is 2.61. The van der Waals surface area contributed by atoms with Crippen LogP contribution in [0.4, 0.5) is 5.69 Å². The Kier molecular flexibility index (Phi) is 11.0.